The minimum absolute atomic E-state index is 0.267. The molecule has 0 aliphatic rings. The van der Waals surface area contributed by atoms with Crippen LogP contribution in [0.25, 0.3) is 11.2 Å². The highest BCUT2D eigenvalue weighted by atomic mass is 19.1. The summed E-state index contributed by atoms with van der Waals surface area (Å²) in [6.45, 7) is 4.37. The minimum atomic E-state index is -0.458. The molecule has 0 saturated carbocycles. The number of rotatable bonds is 5. The highest BCUT2D eigenvalue weighted by molar-refractivity contribution is 5.80. The second kappa shape index (κ2) is 8.26. The van der Waals surface area contributed by atoms with Crippen molar-refractivity contribution < 1.29 is 4.39 Å². The first kappa shape index (κ1) is 21.2. The van der Waals surface area contributed by atoms with Crippen LogP contribution in [-0.4, -0.2) is 24.9 Å². The van der Waals surface area contributed by atoms with Gasteiger partial charge in [-0.2, -0.15) is 10.1 Å². The number of hydrogen-bond acceptors (Lipinski definition) is 5. The SMILES string of the molecule is Cc1ccc(C)c(Cn2c(NN=Cc3ccc(F)cc3)nc3c2c(=O)n(C)c(=O)n3C)c1. The van der Waals surface area contributed by atoms with Crippen molar-refractivity contribution in [3.8, 4) is 0 Å². The van der Waals surface area contributed by atoms with Crippen LogP contribution in [0, 0.1) is 19.7 Å². The lowest BCUT2D eigenvalue weighted by Crippen LogP contribution is -2.37. The molecule has 2 aromatic heterocycles. The van der Waals surface area contributed by atoms with Gasteiger partial charge in [0.25, 0.3) is 5.56 Å². The van der Waals surface area contributed by atoms with Crippen LogP contribution in [0.4, 0.5) is 10.3 Å². The zero-order valence-corrected chi connectivity index (χ0v) is 18.3. The second-order valence-electron chi connectivity index (χ2n) is 7.75. The van der Waals surface area contributed by atoms with Crippen molar-refractivity contribution in [2.45, 2.75) is 20.4 Å². The quantitative estimate of drug-likeness (QED) is 0.387. The molecule has 4 aromatic rings. The number of imidazole rings is 1. The summed E-state index contributed by atoms with van der Waals surface area (Å²) in [7, 11) is 3.02. The standard InChI is InChI=1S/C23H23FN6O2/c1-14-5-6-15(2)17(11-14)13-30-19-20(28(3)23(32)29(4)21(19)31)26-22(30)27-25-12-16-7-9-18(24)10-8-16/h5-12H,13H2,1-4H3,(H,26,27). The van der Waals surface area contributed by atoms with Crippen LogP contribution in [0.15, 0.2) is 57.2 Å². The molecule has 0 unspecified atom stereocenters. The van der Waals surface area contributed by atoms with Crippen LogP contribution < -0.4 is 16.7 Å². The molecule has 2 aromatic carbocycles. The van der Waals surface area contributed by atoms with E-state index in [-0.39, 0.29) is 11.5 Å². The van der Waals surface area contributed by atoms with Gasteiger partial charge in [-0.05, 0) is 42.7 Å². The fourth-order valence-corrected chi connectivity index (χ4v) is 3.54. The Balaban J connectivity index is 1.84. The van der Waals surface area contributed by atoms with Gasteiger partial charge in [0, 0.05) is 14.1 Å². The van der Waals surface area contributed by atoms with Gasteiger partial charge in [-0.1, -0.05) is 35.9 Å². The van der Waals surface area contributed by atoms with Gasteiger partial charge >= 0.3 is 5.69 Å². The third-order valence-corrected chi connectivity index (χ3v) is 5.43. The van der Waals surface area contributed by atoms with Gasteiger partial charge in [0.2, 0.25) is 5.95 Å². The van der Waals surface area contributed by atoms with Gasteiger partial charge in [-0.25, -0.2) is 14.6 Å². The van der Waals surface area contributed by atoms with E-state index in [2.05, 4.69) is 21.6 Å². The Morgan fingerprint density at radius 2 is 1.78 bits per heavy atom. The lowest BCUT2D eigenvalue weighted by atomic mass is 10.1. The lowest BCUT2D eigenvalue weighted by Gasteiger charge is -2.12. The number of anilines is 1. The Hall–Kier alpha value is -4.01. The number of fused-ring (bicyclic) bond motifs is 1. The van der Waals surface area contributed by atoms with Crippen LogP contribution in [0.5, 0.6) is 0 Å². The van der Waals surface area contributed by atoms with Gasteiger partial charge in [-0.3, -0.25) is 18.5 Å². The van der Waals surface area contributed by atoms with Crippen molar-refractivity contribution in [1.82, 2.24) is 18.7 Å². The first-order valence-electron chi connectivity index (χ1n) is 10.0. The normalized spacial score (nSPS) is 11.5. The Morgan fingerprint density at radius 1 is 1.06 bits per heavy atom. The van der Waals surface area contributed by atoms with Crippen LogP contribution in [-0.2, 0) is 20.6 Å². The molecule has 9 heteroatoms. The third-order valence-electron chi connectivity index (χ3n) is 5.43. The van der Waals surface area contributed by atoms with Crippen LogP contribution >= 0.6 is 0 Å². The molecule has 0 aliphatic heterocycles. The molecule has 0 saturated heterocycles. The maximum absolute atomic E-state index is 13.1. The molecule has 0 bridgehead atoms. The van der Waals surface area contributed by atoms with Gasteiger partial charge in [-0.15, -0.1) is 0 Å². The fraction of sp³-hybridized carbons (Fsp3) is 0.217. The van der Waals surface area contributed by atoms with Crippen molar-refractivity contribution >= 4 is 23.3 Å². The molecule has 8 nitrogen and oxygen atoms in total. The number of aryl methyl sites for hydroxylation is 3. The van der Waals surface area contributed by atoms with Gasteiger partial charge < -0.3 is 0 Å². The van der Waals surface area contributed by atoms with Crippen LogP contribution in [0.2, 0.25) is 0 Å². The average Bonchev–Trinajstić information content (AvgIpc) is 3.13. The number of nitrogens with zero attached hydrogens (tertiary/aromatic N) is 5. The maximum atomic E-state index is 13.1. The minimum Gasteiger partial charge on any atom is -0.298 e. The largest absolute Gasteiger partial charge is 0.332 e. The number of nitrogens with one attached hydrogen (secondary N) is 1. The maximum Gasteiger partial charge on any atom is 0.332 e. The van der Waals surface area contributed by atoms with Crippen LogP contribution in [0.3, 0.4) is 0 Å². The average molecular weight is 434 g/mol. The molecule has 164 valence electrons. The zero-order chi connectivity index (χ0) is 23.0. The Bertz CT molecular complexity index is 1460. The molecule has 0 amide bonds. The summed E-state index contributed by atoms with van der Waals surface area (Å²) in [6.07, 6.45) is 1.53. The highest BCUT2D eigenvalue weighted by Crippen LogP contribution is 2.20. The molecule has 0 radical (unpaired) electrons. The molecule has 1 N–H and O–H groups in total. The summed E-state index contributed by atoms with van der Waals surface area (Å²) in [5, 5.41) is 4.21. The van der Waals surface area contributed by atoms with Crippen LogP contribution in [0.1, 0.15) is 22.3 Å². The van der Waals surface area contributed by atoms with E-state index < -0.39 is 11.2 Å². The van der Waals surface area contributed by atoms with E-state index in [1.165, 1.54) is 30.0 Å². The van der Waals surface area contributed by atoms with E-state index in [0.29, 0.717) is 23.6 Å². The molecular formula is C23H23FN6O2. The van der Waals surface area contributed by atoms with E-state index >= 15 is 0 Å². The van der Waals surface area contributed by atoms with Crippen molar-refractivity contribution in [3.05, 3.63) is 91.4 Å². The number of benzene rings is 2. The van der Waals surface area contributed by atoms with E-state index in [4.69, 9.17) is 0 Å². The third kappa shape index (κ3) is 3.84. The molecule has 0 fully saturated rings. The summed E-state index contributed by atoms with van der Waals surface area (Å²) >= 11 is 0. The van der Waals surface area contributed by atoms with Crippen molar-refractivity contribution in [2.75, 3.05) is 5.43 Å². The molecule has 32 heavy (non-hydrogen) atoms. The predicted octanol–water partition coefficient (Wildman–Crippen LogP) is 2.68. The van der Waals surface area contributed by atoms with Gasteiger partial charge in [0.05, 0.1) is 12.8 Å². The first-order chi connectivity index (χ1) is 15.3. The fourth-order valence-electron chi connectivity index (χ4n) is 3.54. The first-order valence-corrected chi connectivity index (χ1v) is 10.0. The van der Waals surface area contributed by atoms with Gasteiger partial charge in [0.1, 0.15) is 5.82 Å². The summed E-state index contributed by atoms with van der Waals surface area (Å²) in [4.78, 5) is 29.9. The Labute approximate surface area is 183 Å². The molecule has 0 atom stereocenters. The second-order valence-corrected chi connectivity index (χ2v) is 7.75. The molecule has 4 rings (SSSR count). The van der Waals surface area contributed by atoms with Crippen molar-refractivity contribution in [1.29, 1.82) is 0 Å². The summed E-state index contributed by atoms with van der Waals surface area (Å²) in [5.41, 5.74) is 6.43. The smallest absolute Gasteiger partial charge is 0.298 e. The number of hydrogen-bond donors (Lipinski definition) is 1. The van der Waals surface area contributed by atoms with Crippen molar-refractivity contribution in [2.24, 2.45) is 19.2 Å². The molecular weight excluding hydrogens is 411 g/mol. The summed E-state index contributed by atoms with van der Waals surface area (Å²) in [5.74, 6) is -0.0141. The zero-order valence-electron chi connectivity index (χ0n) is 18.3. The molecule has 0 spiro atoms. The Morgan fingerprint density at radius 3 is 2.50 bits per heavy atom. The number of hydrazone groups is 1. The van der Waals surface area contributed by atoms with E-state index in [1.807, 2.05) is 26.0 Å². The number of aromatic nitrogens is 4. The van der Waals surface area contributed by atoms with Crippen molar-refractivity contribution in [3.63, 3.8) is 0 Å². The molecule has 0 aliphatic carbocycles. The summed E-state index contributed by atoms with van der Waals surface area (Å²) in [6, 6.07) is 12.0. The summed E-state index contributed by atoms with van der Waals surface area (Å²) < 4.78 is 17.2. The number of halogens is 1. The monoisotopic (exact) mass is 434 g/mol. The van der Waals surface area contributed by atoms with E-state index in [9.17, 15) is 14.0 Å². The van der Waals surface area contributed by atoms with E-state index in [1.54, 1.807) is 23.7 Å². The van der Waals surface area contributed by atoms with Gasteiger partial charge in [0.15, 0.2) is 11.2 Å². The molecule has 2 heterocycles. The Kier molecular flexibility index (Phi) is 5.48. The van der Waals surface area contributed by atoms with E-state index in [0.717, 1.165) is 21.3 Å². The predicted molar refractivity (Wildman–Crippen MR) is 123 cm³/mol. The lowest BCUT2D eigenvalue weighted by molar-refractivity contribution is 0.628. The highest BCUT2D eigenvalue weighted by Gasteiger charge is 2.19. The topological polar surface area (TPSA) is 86.2 Å².